The van der Waals surface area contributed by atoms with Gasteiger partial charge in [0.1, 0.15) is 0 Å². The Morgan fingerprint density at radius 3 is 2.15 bits per heavy atom. The van der Waals surface area contributed by atoms with Crippen molar-refractivity contribution in [3.8, 4) is 0 Å². The van der Waals surface area contributed by atoms with Gasteiger partial charge in [-0.2, -0.15) is 0 Å². The lowest BCUT2D eigenvalue weighted by atomic mass is 10.1. The van der Waals surface area contributed by atoms with Crippen molar-refractivity contribution in [2.24, 2.45) is 0 Å². The van der Waals surface area contributed by atoms with Crippen LogP contribution in [0.15, 0.2) is 41.8 Å². The number of ether oxygens (including phenoxy) is 1. The van der Waals surface area contributed by atoms with E-state index in [1.165, 1.54) is 36.9 Å². The highest BCUT2D eigenvalue weighted by molar-refractivity contribution is 7.09. The second kappa shape index (κ2) is 10.3. The third kappa shape index (κ3) is 6.17. The molecule has 2 amide bonds. The Morgan fingerprint density at radius 2 is 1.61 bits per heavy atom. The molecule has 0 saturated carbocycles. The van der Waals surface area contributed by atoms with Crippen molar-refractivity contribution in [3.05, 3.63) is 69.2 Å². The monoisotopic (exact) mass is 467 g/mol. The van der Waals surface area contributed by atoms with Gasteiger partial charge in [-0.3, -0.25) is 14.4 Å². The lowest BCUT2D eigenvalue weighted by molar-refractivity contribution is -0.115. The fraction of sp³-hybridized carbons (Fsp3) is 0.250. The first kappa shape index (κ1) is 23.9. The van der Waals surface area contributed by atoms with Gasteiger partial charge < -0.3 is 19.9 Å². The van der Waals surface area contributed by atoms with Crippen LogP contribution in [0.2, 0.25) is 0 Å². The minimum atomic E-state index is -0.741. The molecule has 0 aliphatic rings. The topological polar surface area (TPSA) is 107 Å². The van der Waals surface area contributed by atoms with Gasteiger partial charge in [-0.15, -0.1) is 11.3 Å². The van der Waals surface area contributed by atoms with Crippen LogP contribution in [-0.4, -0.2) is 34.7 Å². The van der Waals surface area contributed by atoms with E-state index in [1.54, 1.807) is 17.4 Å². The fourth-order valence-corrected chi connectivity index (χ4v) is 4.17. The first-order valence-corrected chi connectivity index (χ1v) is 11.1. The van der Waals surface area contributed by atoms with Crippen LogP contribution in [0.5, 0.6) is 0 Å². The van der Waals surface area contributed by atoms with Gasteiger partial charge in [-0.25, -0.2) is 4.79 Å². The number of nitrogens with zero attached hydrogens (tertiary/aromatic N) is 1. The number of nitrogens with one attached hydrogen (secondary N) is 2. The molecule has 8 nitrogen and oxygen atoms in total. The van der Waals surface area contributed by atoms with Crippen LogP contribution in [0.4, 0.5) is 11.4 Å². The number of amides is 2. The van der Waals surface area contributed by atoms with Crippen LogP contribution in [-0.2, 0) is 20.9 Å². The van der Waals surface area contributed by atoms with Gasteiger partial charge in [0.25, 0.3) is 0 Å². The molecule has 2 aromatic heterocycles. The number of anilines is 2. The van der Waals surface area contributed by atoms with E-state index in [0.29, 0.717) is 23.5 Å². The lowest BCUT2D eigenvalue weighted by Gasteiger charge is -2.11. The number of Topliss-reactive ketones (excluding diaryl/α,β-unsaturated/α-hetero) is 1. The summed E-state index contributed by atoms with van der Waals surface area (Å²) in [6, 6.07) is 10.2. The molecule has 0 aliphatic carbocycles. The van der Waals surface area contributed by atoms with Gasteiger partial charge in [0, 0.05) is 47.1 Å². The summed E-state index contributed by atoms with van der Waals surface area (Å²) < 4.78 is 7.31. The number of aromatic nitrogens is 1. The zero-order chi connectivity index (χ0) is 24.1. The normalized spacial score (nSPS) is 10.5. The first-order valence-electron chi connectivity index (χ1n) is 10.2. The summed E-state index contributed by atoms with van der Waals surface area (Å²) in [5.41, 5.74) is 3.00. The van der Waals surface area contributed by atoms with Crippen molar-refractivity contribution in [2.45, 2.75) is 34.2 Å². The van der Waals surface area contributed by atoms with Gasteiger partial charge >= 0.3 is 5.97 Å². The van der Waals surface area contributed by atoms with E-state index in [9.17, 15) is 19.2 Å². The molecular formula is C24H25N3O5S. The van der Waals surface area contributed by atoms with E-state index in [0.717, 1.165) is 11.4 Å². The van der Waals surface area contributed by atoms with E-state index in [1.807, 2.05) is 31.4 Å². The van der Waals surface area contributed by atoms with Gasteiger partial charge in [0.15, 0.2) is 6.61 Å². The Morgan fingerprint density at radius 1 is 0.970 bits per heavy atom. The summed E-state index contributed by atoms with van der Waals surface area (Å²) in [6.07, 6.45) is 0. The maximum Gasteiger partial charge on any atom is 0.338 e. The number of rotatable bonds is 8. The second-order valence-electron chi connectivity index (χ2n) is 7.61. The van der Waals surface area contributed by atoms with Crippen LogP contribution in [0.3, 0.4) is 0 Å². The number of aryl methyl sites for hydroxylation is 1. The third-order valence-electron chi connectivity index (χ3n) is 4.91. The average Bonchev–Trinajstić information content (AvgIpc) is 3.34. The predicted molar refractivity (Wildman–Crippen MR) is 127 cm³/mol. The zero-order valence-corrected chi connectivity index (χ0v) is 19.7. The first-order chi connectivity index (χ1) is 15.6. The van der Waals surface area contributed by atoms with Crippen molar-refractivity contribution >= 4 is 46.3 Å². The fourth-order valence-electron chi connectivity index (χ4n) is 3.47. The molecule has 0 fully saturated rings. The maximum absolute atomic E-state index is 12.8. The summed E-state index contributed by atoms with van der Waals surface area (Å²) in [7, 11) is 0. The van der Waals surface area contributed by atoms with Crippen LogP contribution in [0, 0.1) is 13.8 Å². The number of esters is 1. The molecule has 0 unspecified atom stereocenters. The van der Waals surface area contributed by atoms with Crippen molar-refractivity contribution in [1.29, 1.82) is 0 Å². The zero-order valence-electron chi connectivity index (χ0n) is 18.9. The number of thiophene rings is 1. The van der Waals surface area contributed by atoms with E-state index in [-0.39, 0.29) is 23.2 Å². The van der Waals surface area contributed by atoms with Crippen molar-refractivity contribution in [3.63, 3.8) is 0 Å². The van der Waals surface area contributed by atoms with Crippen LogP contribution in [0.1, 0.15) is 50.8 Å². The molecule has 1 aromatic carbocycles. The molecule has 0 spiro atoms. The molecule has 0 saturated heterocycles. The van der Waals surface area contributed by atoms with Crippen LogP contribution in [0.25, 0.3) is 0 Å². The standard InChI is InChI=1S/C24H25N3O5S/c1-14-8-22(15(2)27(14)12-21-6-5-7-33-21)23(30)13-32-24(31)18-9-19(25-16(3)28)11-20(10-18)26-17(4)29/h5-11H,12-13H2,1-4H3,(H,25,28)(H,26,29). The Hall–Kier alpha value is -3.72. The van der Waals surface area contributed by atoms with Gasteiger partial charge in [0.2, 0.25) is 17.6 Å². The predicted octanol–water partition coefficient (Wildman–Crippen LogP) is 4.17. The highest BCUT2D eigenvalue weighted by Gasteiger charge is 2.19. The summed E-state index contributed by atoms with van der Waals surface area (Å²) in [5, 5.41) is 7.15. The highest BCUT2D eigenvalue weighted by atomic mass is 32.1. The molecule has 9 heteroatoms. The number of carbonyl (C=O) groups is 4. The summed E-state index contributed by atoms with van der Waals surface area (Å²) in [4.78, 5) is 49.4. The van der Waals surface area contributed by atoms with Crippen LogP contribution >= 0.6 is 11.3 Å². The van der Waals surface area contributed by atoms with Gasteiger partial charge in [-0.05, 0) is 49.6 Å². The highest BCUT2D eigenvalue weighted by Crippen LogP contribution is 2.22. The van der Waals surface area contributed by atoms with Crippen molar-refractivity contribution in [2.75, 3.05) is 17.2 Å². The molecule has 0 radical (unpaired) electrons. The quantitative estimate of drug-likeness (QED) is 0.382. The number of ketones is 1. The van der Waals surface area contributed by atoms with Gasteiger partial charge in [-0.1, -0.05) is 6.07 Å². The van der Waals surface area contributed by atoms with Crippen LogP contribution < -0.4 is 10.6 Å². The van der Waals surface area contributed by atoms with E-state index in [2.05, 4.69) is 15.2 Å². The Labute approximate surface area is 195 Å². The summed E-state index contributed by atoms with van der Waals surface area (Å²) >= 11 is 1.65. The van der Waals surface area contributed by atoms with Crippen molar-refractivity contribution in [1.82, 2.24) is 4.57 Å². The van der Waals surface area contributed by atoms with E-state index in [4.69, 9.17) is 4.74 Å². The molecule has 2 N–H and O–H groups in total. The molecule has 2 heterocycles. The second-order valence-corrected chi connectivity index (χ2v) is 8.64. The Kier molecular flexibility index (Phi) is 7.44. The summed E-state index contributed by atoms with van der Waals surface area (Å²) in [6.45, 7) is 6.70. The van der Waals surface area contributed by atoms with E-state index < -0.39 is 12.6 Å². The lowest BCUT2D eigenvalue weighted by Crippen LogP contribution is -2.16. The number of carbonyl (C=O) groups excluding carboxylic acids is 4. The summed E-state index contributed by atoms with van der Waals surface area (Å²) in [5.74, 6) is -1.71. The maximum atomic E-state index is 12.8. The Bertz CT molecular complexity index is 1180. The number of hydrogen-bond acceptors (Lipinski definition) is 6. The largest absolute Gasteiger partial charge is 0.454 e. The third-order valence-corrected chi connectivity index (χ3v) is 5.77. The average molecular weight is 468 g/mol. The smallest absolute Gasteiger partial charge is 0.338 e. The van der Waals surface area contributed by atoms with Crippen molar-refractivity contribution < 1.29 is 23.9 Å². The minimum absolute atomic E-state index is 0.0981. The van der Waals surface area contributed by atoms with Gasteiger partial charge in [0.05, 0.1) is 12.1 Å². The van der Waals surface area contributed by atoms with E-state index >= 15 is 0 Å². The molecule has 172 valence electrons. The molecule has 33 heavy (non-hydrogen) atoms. The number of hydrogen-bond donors (Lipinski definition) is 2. The minimum Gasteiger partial charge on any atom is -0.454 e. The SMILES string of the molecule is CC(=O)Nc1cc(NC(C)=O)cc(C(=O)OCC(=O)c2cc(C)n(Cc3cccs3)c2C)c1. The molecular weight excluding hydrogens is 442 g/mol. The molecule has 0 aliphatic heterocycles. The molecule has 3 rings (SSSR count). The Balaban J connectivity index is 1.73. The molecule has 0 bridgehead atoms. The number of benzene rings is 1. The molecule has 0 atom stereocenters. The molecule has 3 aromatic rings.